The third kappa shape index (κ3) is 7.00. The number of hydrogen-bond acceptors (Lipinski definition) is 4. The van der Waals surface area contributed by atoms with E-state index in [1.807, 2.05) is 30.3 Å². The fourth-order valence-electron chi connectivity index (χ4n) is 4.32. The van der Waals surface area contributed by atoms with Crippen molar-refractivity contribution in [2.45, 2.75) is 57.7 Å². The normalized spacial score (nSPS) is 15.0. The van der Waals surface area contributed by atoms with Crippen LogP contribution in [0.15, 0.2) is 48.5 Å². The molecule has 0 radical (unpaired) electrons. The molecule has 35 heavy (non-hydrogen) atoms. The lowest BCUT2D eigenvalue weighted by Crippen LogP contribution is -2.53. The second-order valence-corrected chi connectivity index (χ2v) is 10.7. The van der Waals surface area contributed by atoms with Gasteiger partial charge in [-0.25, -0.2) is 17.2 Å². The Balaban J connectivity index is 1.91. The Kier molecular flexibility index (Phi) is 8.82. The van der Waals surface area contributed by atoms with Gasteiger partial charge in [0.1, 0.15) is 12.6 Å². The molecule has 2 amide bonds. The van der Waals surface area contributed by atoms with Gasteiger partial charge in [0.2, 0.25) is 21.8 Å². The van der Waals surface area contributed by atoms with Gasteiger partial charge >= 0.3 is 0 Å². The Hall–Kier alpha value is -3.01. The Morgan fingerprint density at radius 1 is 1.06 bits per heavy atom. The van der Waals surface area contributed by atoms with E-state index < -0.39 is 40.2 Å². The molecule has 0 saturated heterocycles. The average molecular weight is 508 g/mol. The summed E-state index contributed by atoms with van der Waals surface area (Å²) in [5, 5.41) is 3.02. The van der Waals surface area contributed by atoms with Crippen molar-refractivity contribution in [1.82, 2.24) is 10.2 Å². The zero-order chi connectivity index (χ0) is 25.6. The van der Waals surface area contributed by atoms with Gasteiger partial charge in [0, 0.05) is 18.7 Å². The topological polar surface area (TPSA) is 86.8 Å². The fourth-order valence-corrected chi connectivity index (χ4v) is 5.16. The number of benzene rings is 2. The number of anilines is 1. The minimum Gasteiger partial charge on any atom is -0.352 e. The number of nitrogens with zero attached hydrogens (tertiary/aromatic N) is 2. The van der Waals surface area contributed by atoms with Crippen molar-refractivity contribution in [3.8, 4) is 0 Å². The molecular weight excluding hydrogens is 476 g/mol. The molecule has 2 aromatic rings. The van der Waals surface area contributed by atoms with Crippen molar-refractivity contribution in [3.05, 3.63) is 65.7 Å². The Morgan fingerprint density at radius 3 is 2.29 bits per heavy atom. The molecule has 0 aliphatic heterocycles. The first kappa shape index (κ1) is 26.6. The number of carbonyl (C=O) groups excluding carboxylic acids is 2. The van der Waals surface area contributed by atoms with Crippen LogP contribution in [0.1, 0.15) is 44.6 Å². The molecule has 0 heterocycles. The summed E-state index contributed by atoms with van der Waals surface area (Å²) in [5.74, 6) is -3.28. The van der Waals surface area contributed by atoms with Gasteiger partial charge in [0.15, 0.2) is 11.6 Å². The molecule has 190 valence electrons. The van der Waals surface area contributed by atoms with Crippen LogP contribution in [0.3, 0.4) is 0 Å². The van der Waals surface area contributed by atoms with Gasteiger partial charge in [-0.05, 0) is 37.0 Å². The van der Waals surface area contributed by atoms with Gasteiger partial charge in [-0.3, -0.25) is 13.9 Å². The molecule has 1 aliphatic rings. The number of sulfonamides is 1. The molecule has 1 atom stereocenters. The third-order valence-corrected chi connectivity index (χ3v) is 7.29. The van der Waals surface area contributed by atoms with Crippen LogP contribution < -0.4 is 9.62 Å². The highest BCUT2D eigenvalue weighted by Crippen LogP contribution is 2.23. The van der Waals surface area contributed by atoms with Crippen LogP contribution in [0.4, 0.5) is 14.5 Å². The van der Waals surface area contributed by atoms with E-state index in [-0.39, 0.29) is 24.2 Å². The van der Waals surface area contributed by atoms with Crippen molar-refractivity contribution < 1.29 is 26.8 Å². The van der Waals surface area contributed by atoms with E-state index in [1.165, 1.54) is 4.90 Å². The summed E-state index contributed by atoms with van der Waals surface area (Å²) in [4.78, 5) is 28.1. The van der Waals surface area contributed by atoms with Crippen molar-refractivity contribution in [1.29, 1.82) is 0 Å². The zero-order valence-electron chi connectivity index (χ0n) is 19.9. The maximum absolute atomic E-state index is 13.8. The van der Waals surface area contributed by atoms with Crippen LogP contribution in [0.25, 0.3) is 0 Å². The van der Waals surface area contributed by atoms with Gasteiger partial charge in [-0.1, -0.05) is 50.1 Å². The standard InChI is InChI=1S/C25H31F2N3O4S/c1-3-23(25(32)28-19-11-7-8-12-19)29(16-18-9-5-4-6-10-18)24(31)17-30(35(2,33)34)20-13-14-21(26)22(27)15-20/h4-6,9-10,13-15,19,23H,3,7-8,11-12,16-17H2,1-2H3,(H,28,32)/t23-/m1/s1. The number of amides is 2. The van der Waals surface area contributed by atoms with E-state index in [1.54, 1.807) is 6.92 Å². The summed E-state index contributed by atoms with van der Waals surface area (Å²) in [7, 11) is -4.02. The molecular formula is C25H31F2N3O4S. The first-order valence-corrected chi connectivity index (χ1v) is 13.5. The van der Waals surface area contributed by atoms with Crippen LogP contribution in [0.5, 0.6) is 0 Å². The summed E-state index contributed by atoms with van der Waals surface area (Å²) >= 11 is 0. The molecule has 3 rings (SSSR count). The van der Waals surface area contributed by atoms with Crippen LogP contribution in [-0.4, -0.2) is 50.0 Å². The van der Waals surface area contributed by atoms with E-state index >= 15 is 0 Å². The first-order valence-electron chi connectivity index (χ1n) is 11.7. The Morgan fingerprint density at radius 2 is 1.71 bits per heavy atom. The number of halogens is 2. The molecule has 0 unspecified atom stereocenters. The van der Waals surface area contributed by atoms with Gasteiger partial charge in [-0.15, -0.1) is 0 Å². The first-order chi connectivity index (χ1) is 16.6. The highest BCUT2D eigenvalue weighted by molar-refractivity contribution is 7.92. The molecule has 1 fully saturated rings. The maximum atomic E-state index is 13.8. The summed E-state index contributed by atoms with van der Waals surface area (Å²) in [6.07, 6.45) is 5.03. The summed E-state index contributed by atoms with van der Waals surface area (Å²) < 4.78 is 53.0. The van der Waals surface area contributed by atoms with Crippen LogP contribution in [0, 0.1) is 11.6 Å². The number of rotatable bonds is 10. The monoisotopic (exact) mass is 507 g/mol. The molecule has 1 aliphatic carbocycles. The molecule has 0 aromatic heterocycles. The maximum Gasteiger partial charge on any atom is 0.244 e. The van der Waals surface area contributed by atoms with Gasteiger partial charge < -0.3 is 10.2 Å². The molecule has 0 spiro atoms. The third-order valence-electron chi connectivity index (χ3n) is 6.15. The molecule has 10 heteroatoms. The second kappa shape index (κ2) is 11.6. The zero-order valence-corrected chi connectivity index (χ0v) is 20.7. The van der Waals surface area contributed by atoms with Crippen molar-refractivity contribution >= 4 is 27.5 Å². The van der Waals surface area contributed by atoms with Crippen molar-refractivity contribution in [2.24, 2.45) is 0 Å². The Labute approximate surface area is 205 Å². The number of carbonyl (C=O) groups is 2. The van der Waals surface area contributed by atoms with Crippen molar-refractivity contribution in [2.75, 3.05) is 17.1 Å². The minimum absolute atomic E-state index is 0.0555. The van der Waals surface area contributed by atoms with E-state index in [0.717, 1.165) is 60.0 Å². The largest absolute Gasteiger partial charge is 0.352 e. The fraction of sp³-hybridized carbons (Fsp3) is 0.440. The molecule has 0 bridgehead atoms. The lowest BCUT2D eigenvalue weighted by atomic mass is 10.1. The summed E-state index contributed by atoms with van der Waals surface area (Å²) in [6.45, 7) is 1.21. The minimum atomic E-state index is -4.02. The van der Waals surface area contributed by atoms with Gasteiger partial charge in [0.05, 0.1) is 11.9 Å². The smallest absolute Gasteiger partial charge is 0.244 e. The van der Waals surface area contributed by atoms with E-state index in [2.05, 4.69) is 5.32 Å². The molecule has 1 saturated carbocycles. The van der Waals surface area contributed by atoms with E-state index in [4.69, 9.17) is 0 Å². The predicted molar refractivity (Wildman–Crippen MR) is 130 cm³/mol. The lowest BCUT2D eigenvalue weighted by molar-refractivity contribution is -0.140. The Bertz CT molecular complexity index is 1140. The number of hydrogen-bond donors (Lipinski definition) is 1. The molecule has 2 aromatic carbocycles. The van der Waals surface area contributed by atoms with Crippen LogP contribution in [-0.2, 0) is 26.2 Å². The van der Waals surface area contributed by atoms with Crippen molar-refractivity contribution in [3.63, 3.8) is 0 Å². The van der Waals surface area contributed by atoms with Gasteiger partial charge in [0.25, 0.3) is 0 Å². The van der Waals surface area contributed by atoms with E-state index in [9.17, 15) is 26.8 Å². The predicted octanol–water partition coefficient (Wildman–Crippen LogP) is 3.60. The van der Waals surface area contributed by atoms with Gasteiger partial charge in [-0.2, -0.15) is 0 Å². The second-order valence-electron chi connectivity index (χ2n) is 8.79. The highest BCUT2D eigenvalue weighted by Gasteiger charge is 2.33. The summed E-state index contributed by atoms with van der Waals surface area (Å²) in [5.41, 5.74) is 0.592. The highest BCUT2D eigenvalue weighted by atomic mass is 32.2. The molecule has 1 N–H and O–H groups in total. The quantitative estimate of drug-likeness (QED) is 0.533. The number of nitrogens with one attached hydrogen (secondary N) is 1. The summed E-state index contributed by atoms with van der Waals surface area (Å²) in [6, 6.07) is 10.9. The average Bonchev–Trinajstić information content (AvgIpc) is 3.32. The van der Waals surface area contributed by atoms with Crippen LogP contribution in [0.2, 0.25) is 0 Å². The van der Waals surface area contributed by atoms with E-state index in [0.29, 0.717) is 6.42 Å². The lowest BCUT2D eigenvalue weighted by Gasteiger charge is -2.33. The molecule has 7 nitrogen and oxygen atoms in total. The van der Waals surface area contributed by atoms with Crippen LogP contribution >= 0.6 is 0 Å². The SMILES string of the molecule is CC[C@H](C(=O)NC1CCCC1)N(Cc1ccccc1)C(=O)CN(c1ccc(F)c(F)c1)S(C)(=O)=O.